The molecule has 8 rings (SSSR count). The zero-order valence-electron chi connectivity index (χ0n) is 28.8. The van der Waals surface area contributed by atoms with Crippen molar-refractivity contribution in [2.75, 3.05) is 0 Å². The maximum Gasteiger partial charge on any atom is -0.147 e. The molecular weight excluding hydrogens is 743 g/mol. The maximum atomic E-state index is 2.60. The first kappa shape index (κ1) is 36.3. The second-order valence-electron chi connectivity index (χ2n) is 13.7. The van der Waals surface area contributed by atoms with E-state index >= 15 is 0 Å². The Morgan fingerprint density at radius 2 is 0.780 bits per heavy atom. The van der Waals surface area contributed by atoms with E-state index in [9.17, 15) is 0 Å². The summed E-state index contributed by atoms with van der Waals surface area (Å²) < 4.78 is 3.80. The molecule has 0 heterocycles. The molecule has 0 N–H and O–H groups in total. The van der Waals surface area contributed by atoms with Crippen LogP contribution in [0.2, 0.25) is 0 Å². The zero-order valence-corrected chi connectivity index (χ0v) is 34.3. The SMILES string of the molecule is CCC1=Cc2c(-c3ccccc3)cccc2[CH]1[Zr](=[SiH2])([c]1ccccc1)([c]1ccccc1)[CH]1C(CC)=Cc2c(-c3ccccc3)cccc21.Cl.Cl. The van der Waals surface area contributed by atoms with E-state index in [1.54, 1.807) is 17.7 Å². The quantitative estimate of drug-likeness (QED) is 0.135. The molecule has 6 aromatic rings. The van der Waals surface area contributed by atoms with E-state index in [1.807, 2.05) is 0 Å². The molecule has 2 aliphatic rings. The molecule has 0 radical (unpaired) electrons. The molecule has 0 aromatic heterocycles. The molecule has 6 aromatic carbocycles. The molecule has 0 nitrogen and oxygen atoms in total. The fourth-order valence-corrected chi connectivity index (χ4v) is 38.0. The van der Waals surface area contributed by atoms with Gasteiger partial charge < -0.3 is 0 Å². The Morgan fingerprint density at radius 1 is 0.440 bits per heavy atom. The van der Waals surface area contributed by atoms with Gasteiger partial charge in [0, 0.05) is 0 Å². The fourth-order valence-electron chi connectivity index (χ4n) is 9.50. The van der Waals surface area contributed by atoms with E-state index in [0.29, 0.717) is 7.25 Å². The predicted molar refractivity (Wildman–Crippen MR) is 221 cm³/mol. The number of fused-ring (bicyclic) bond motifs is 2. The molecule has 0 aliphatic heterocycles. The third-order valence-electron chi connectivity index (χ3n) is 11.5. The largest absolute Gasteiger partial charge is 0.147 e. The summed E-state index contributed by atoms with van der Waals surface area (Å²) in [7, 11) is 0. The van der Waals surface area contributed by atoms with Crippen LogP contribution in [0.3, 0.4) is 0 Å². The smallest absolute Gasteiger partial charge is 0.147 e. The van der Waals surface area contributed by atoms with Crippen molar-refractivity contribution >= 4 is 50.4 Å². The van der Waals surface area contributed by atoms with Gasteiger partial charge in [-0.1, -0.05) is 0 Å². The molecule has 50 heavy (non-hydrogen) atoms. The molecule has 0 bridgehead atoms. The topological polar surface area (TPSA) is 0 Å². The van der Waals surface area contributed by atoms with Crippen molar-refractivity contribution < 1.29 is 17.4 Å². The van der Waals surface area contributed by atoms with Crippen LogP contribution < -0.4 is 6.54 Å². The van der Waals surface area contributed by atoms with Gasteiger partial charge in [0.05, 0.1) is 0 Å². The molecule has 2 aliphatic carbocycles. The van der Waals surface area contributed by atoms with Crippen molar-refractivity contribution in [2.24, 2.45) is 0 Å². The van der Waals surface area contributed by atoms with Crippen molar-refractivity contribution in [1.82, 2.24) is 0 Å². The third-order valence-corrected chi connectivity index (χ3v) is 39.4. The first-order valence-corrected chi connectivity index (χ1v) is 28.7. The van der Waals surface area contributed by atoms with Crippen LogP contribution in [0.4, 0.5) is 0 Å². The molecule has 0 saturated heterocycles. The van der Waals surface area contributed by atoms with Gasteiger partial charge in [-0.25, -0.2) is 0 Å². The van der Waals surface area contributed by atoms with Crippen molar-refractivity contribution in [2.45, 2.75) is 33.9 Å². The van der Waals surface area contributed by atoms with Gasteiger partial charge in [-0.15, -0.1) is 24.8 Å². The summed E-state index contributed by atoms with van der Waals surface area (Å²) in [4.78, 5) is 0. The van der Waals surface area contributed by atoms with E-state index in [4.69, 9.17) is 0 Å². The van der Waals surface area contributed by atoms with Crippen molar-refractivity contribution in [3.8, 4) is 22.3 Å². The Kier molecular flexibility index (Phi) is 10.6. The summed E-state index contributed by atoms with van der Waals surface area (Å²) in [5.41, 5.74) is 14.3. The average Bonchev–Trinajstić information content (AvgIpc) is 3.76. The second-order valence-corrected chi connectivity index (χ2v) is 36.4. The van der Waals surface area contributed by atoms with Crippen molar-refractivity contribution in [3.05, 3.63) is 191 Å². The van der Waals surface area contributed by atoms with Gasteiger partial charge in [-0.05, 0) is 0 Å². The second kappa shape index (κ2) is 14.6. The monoisotopic (exact) mass is 784 g/mol. The van der Waals surface area contributed by atoms with Gasteiger partial charge in [-0.3, -0.25) is 0 Å². The van der Waals surface area contributed by atoms with Crippen molar-refractivity contribution in [3.63, 3.8) is 0 Å². The predicted octanol–water partition coefficient (Wildman–Crippen LogP) is 11.1. The maximum absolute atomic E-state index is 4.68. The van der Waals surface area contributed by atoms with E-state index in [0.717, 1.165) is 12.8 Å². The number of rotatable bonds is 8. The minimum atomic E-state index is -4.68. The van der Waals surface area contributed by atoms with Gasteiger partial charge in [-0.2, -0.15) is 0 Å². The molecule has 2 unspecified atom stereocenters. The van der Waals surface area contributed by atoms with Crippen LogP contribution in [0.15, 0.2) is 169 Å². The van der Waals surface area contributed by atoms with Crippen LogP contribution in [0.25, 0.3) is 34.4 Å². The molecular formula is C46H44Cl2SiZr. The van der Waals surface area contributed by atoms with Crippen LogP contribution in [-0.2, 0) is 17.4 Å². The van der Waals surface area contributed by atoms with Gasteiger partial charge in [0.2, 0.25) is 0 Å². The van der Waals surface area contributed by atoms with Crippen molar-refractivity contribution in [1.29, 1.82) is 0 Å². The third kappa shape index (κ3) is 5.43. The summed E-state index contributed by atoms with van der Waals surface area (Å²) in [6.45, 7) is 7.25. The Balaban J connectivity index is 0.00000216. The van der Waals surface area contributed by atoms with Crippen LogP contribution in [0.5, 0.6) is 0 Å². The van der Waals surface area contributed by atoms with Gasteiger partial charge in [0.25, 0.3) is 0 Å². The Hall–Kier alpha value is -3.52. The molecule has 0 spiro atoms. The number of halogens is 2. The van der Waals surface area contributed by atoms with Crippen LogP contribution in [-0.4, -0.2) is 6.88 Å². The van der Waals surface area contributed by atoms with E-state index in [2.05, 4.69) is 191 Å². The first-order valence-electron chi connectivity index (χ1n) is 17.5. The van der Waals surface area contributed by atoms with Gasteiger partial charge in [0.15, 0.2) is 0 Å². The van der Waals surface area contributed by atoms with E-state index < -0.39 is 17.4 Å². The minimum Gasteiger partial charge on any atom is -0.147 e. The van der Waals surface area contributed by atoms with Gasteiger partial charge >= 0.3 is 290 Å². The average molecular weight is 787 g/mol. The number of hydrogen-bond acceptors (Lipinski definition) is 0. The minimum absolute atomic E-state index is 0. The molecule has 0 amide bonds. The molecule has 4 heteroatoms. The number of hydrogen-bond donors (Lipinski definition) is 0. The zero-order chi connectivity index (χ0) is 32.7. The summed E-state index contributed by atoms with van der Waals surface area (Å²) in [5.74, 6) is 0. The van der Waals surface area contributed by atoms with E-state index in [-0.39, 0.29) is 24.8 Å². The van der Waals surface area contributed by atoms with Gasteiger partial charge in [0.1, 0.15) is 0 Å². The number of allylic oxidation sites excluding steroid dienone is 2. The van der Waals surface area contributed by atoms with Crippen LogP contribution in [0, 0.1) is 0 Å². The fraction of sp³-hybridized carbons (Fsp3) is 0.130. The Morgan fingerprint density at radius 3 is 1.12 bits per heavy atom. The van der Waals surface area contributed by atoms with E-state index in [1.165, 1.54) is 44.5 Å². The standard InChI is InChI=1S/2C17H15.2C6H5.2ClH.H2Si.Zr/c2*1-2-13-11-15-9-6-10-16(17(15)12-13)14-7-4-3-5-8-14;2*1-2-4-6-5-3-1;;;;/h2*3-12H,2H2,1H3;2*1-5H;2*1H;1H2;. The Labute approximate surface area is 312 Å². The van der Waals surface area contributed by atoms with Crippen LogP contribution >= 0.6 is 24.8 Å². The summed E-state index contributed by atoms with van der Waals surface area (Å²) >= 11 is -4.68. The first-order chi connectivity index (χ1) is 23.6. The molecule has 2 atom stereocenters. The number of benzene rings is 6. The summed E-state index contributed by atoms with van der Waals surface area (Å²) in [6, 6.07) is 59.9. The molecule has 0 fully saturated rings. The summed E-state index contributed by atoms with van der Waals surface area (Å²) in [6.07, 6.45) is 7.26. The Bertz CT molecular complexity index is 2100. The summed E-state index contributed by atoms with van der Waals surface area (Å²) in [5, 5.41) is 0. The molecule has 250 valence electrons. The normalized spacial score (nSPS) is 16.3. The molecule has 0 saturated carbocycles. The van der Waals surface area contributed by atoms with Crippen LogP contribution in [0.1, 0.15) is 56.2 Å².